The Hall–Kier alpha value is -0.0800. The van der Waals surface area contributed by atoms with Gasteiger partial charge in [0.05, 0.1) is 6.10 Å². The van der Waals surface area contributed by atoms with Gasteiger partial charge in [-0.05, 0) is 19.8 Å². The van der Waals surface area contributed by atoms with Crippen LogP contribution < -0.4 is 5.73 Å². The van der Waals surface area contributed by atoms with Gasteiger partial charge in [-0.1, -0.05) is 20.3 Å². The van der Waals surface area contributed by atoms with Crippen LogP contribution in [0.15, 0.2) is 0 Å². The highest BCUT2D eigenvalue weighted by Crippen LogP contribution is 2.07. The highest BCUT2D eigenvalue weighted by molar-refractivity contribution is 4.71. The molecule has 0 saturated heterocycles. The van der Waals surface area contributed by atoms with Gasteiger partial charge >= 0.3 is 0 Å². The Balaban J connectivity index is 3.61. The number of rotatable bonds is 6. The van der Waals surface area contributed by atoms with Crippen molar-refractivity contribution in [3.63, 3.8) is 0 Å². The fourth-order valence-electron chi connectivity index (χ4n) is 1.28. The van der Waals surface area contributed by atoms with Crippen LogP contribution in [0.25, 0.3) is 0 Å². The quantitative estimate of drug-likeness (QED) is 0.642. The van der Waals surface area contributed by atoms with Gasteiger partial charge in [-0.3, -0.25) is 0 Å². The molecule has 0 aromatic rings. The van der Waals surface area contributed by atoms with Crippen molar-refractivity contribution in [3.05, 3.63) is 0 Å². The average molecular weight is 159 g/mol. The van der Waals surface area contributed by atoms with E-state index in [-0.39, 0.29) is 12.1 Å². The van der Waals surface area contributed by atoms with Crippen LogP contribution in [0.2, 0.25) is 0 Å². The molecular weight excluding hydrogens is 138 g/mol. The lowest BCUT2D eigenvalue weighted by Gasteiger charge is -2.21. The van der Waals surface area contributed by atoms with E-state index in [0.717, 1.165) is 25.9 Å². The van der Waals surface area contributed by atoms with Crippen LogP contribution in [0.5, 0.6) is 0 Å². The molecule has 0 rings (SSSR count). The molecule has 2 nitrogen and oxygen atoms in total. The molecule has 2 atom stereocenters. The van der Waals surface area contributed by atoms with E-state index >= 15 is 0 Å². The molecule has 0 aliphatic rings. The SMILES string of the molecule is CCC[C@H](N)C(CC)OCC. The third kappa shape index (κ3) is 4.38. The van der Waals surface area contributed by atoms with Crippen LogP contribution in [0.4, 0.5) is 0 Å². The first-order valence-corrected chi connectivity index (χ1v) is 4.63. The van der Waals surface area contributed by atoms with Crippen molar-refractivity contribution in [1.82, 2.24) is 0 Å². The van der Waals surface area contributed by atoms with Crippen LogP contribution in [0.3, 0.4) is 0 Å². The first-order chi connectivity index (χ1) is 5.26. The number of hydrogen-bond acceptors (Lipinski definition) is 2. The van der Waals surface area contributed by atoms with Gasteiger partial charge in [-0.15, -0.1) is 0 Å². The van der Waals surface area contributed by atoms with Gasteiger partial charge in [-0.25, -0.2) is 0 Å². The van der Waals surface area contributed by atoms with E-state index in [1.54, 1.807) is 0 Å². The average Bonchev–Trinajstić information content (AvgIpc) is 2.00. The standard InChI is InChI=1S/C9H21NO/c1-4-7-8(10)9(5-2)11-6-3/h8-9H,4-7,10H2,1-3H3/t8-,9?/m0/s1. The minimum Gasteiger partial charge on any atom is -0.377 e. The Bertz CT molecular complexity index is 85.6. The fraction of sp³-hybridized carbons (Fsp3) is 1.00. The topological polar surface area (TPSA) is 35.2 Å². The van der Waals surface area contributed by atoms with Crippen LogP contribution in [0.1, 0.15) is 40.0 Å². The Morgan fingerprint density at radius 2 is 1.91 bits per heavy atom. The summed E-state index contributed by atoms with van der Waals surface area (Å²) in [6.45, 7) is 7.06. The Morgan fingerprint density at radius 3 is 2.27 bits per heavy atom. The number of ether oxygens (including phenoxy) is 1. The zero-order valence-electron chi connectivity index (χ0n) is 7.97. The van der Waals surface area contributed by atoms with Gasteiger partial charge < -0.3 is 10.5 Å². The maximum Gasteiger partial charge on any atom is 0.0723 e. The molecule has 0 bridgehead atoms. The summed E-state index contributed by atoms with van der Waals surface area (Å²) < 4.78 is 5.48. The molecule has 0 fully saturated rings. The highest BCUT2D eigenvalue weighted by atomic mass is 16.5. The largest absolute Gasteiger partial charge is 0.377 e. The molecule has 2 heteroatoms. The van der Waals surface area contributed by atoms with Crippen molar-refractivity contribution in [2.75, 3.05) is 6.61 Å². The van der Waals surface area contributed by atoms with Gasteiger partial charge in [0.15, 0.2) is 0 Å². The maximum absolute atomic E-state index is 5.90. The Morgan fingerprint density at radius 1 is 1.27 bits per heavy atom. The van der Waals surface area contributed by atoms with E-state index in [4.69, 9.17) is 10.5 Å². The van der Waals surface area contributed by atoms with Crippen molar-refractivity contribution in [3.8, 4) is 0 Å². The lowest BCUT2D eigenvalue weighted by molar-refractivity contribution is 0.0395. The molecule has 0 aromatic heterocycles. The third-order valence-electron chi connectivity index (χ3n) is 1.88. The normalized spacial score (nSPS) is 16.4. The predicted octanol–water partition coefficient (Wildman–Crippen LogP) is 1.93. The zero-order chi connectivity index (χ0) is 8.69. The molecule has 0 spiro atoms. The minimum absolute atomic E-state index is 0.227. The summed E-state index contributed by atoms with van der Waals surface area (Å²) in [6, 6.07) is 0.227. The zero-order valence-corrected chi connectivity index (χ0v) is 7.97. The fourth-order valence-corrected chi connectivity index (χ4v) is 1.28. The second-order valence-electron chi connectivity index (χ2n) is 2.85. The molecule has 0 aromatic carbocycles. The van der Waals surface area contributed by atoms with E-state index in [1.165, 1.54) is 0 Å². The molecule has 2 N–H and O–H groups in total. The molecule has 0 saturated carbocycles. The van der Waals surface area contributed by atoms with E-state index in [1.807, 2.05) is 6.92 Å². The molecule has 1 unspecified atom stereocenters. The summed E-state index contributed by atoms with van der Waals surface area (Å²) in [5, 5.41) is 0. The summed E-state index contributed by atoms with van der Waals surface area (Å²) in [4.78, 5) is 0. The molecule has 0 radical (unpaired) electrons. The molecule has 0 heterocycles. The van der Waals surface area contributed by atoms with Crippen molar-refractivity contribution >= 4 is 0 Å². The van der Waals surface area contributed by atoms with Crippen LogP contribution in [0, 0.1) is 0 Å². The lowest BCUT2D eigenvalue weighted by atomic mass is 10.1. The number of hydrogen-bond donors (Lipinski definition) is 1. The maximum atomic E-state index is 5.90. The van der Waals surface area contributed by atoms with E-state index in [2.05, 4.69) is 13.8 Å². The van der Waals surface area contributed by atoms with Crippen molar-refractivity contribution < 1.29 is 4.74 Å². The third-order valence-corrected chi connectivity index (χ3v) is 1.88. The van der Waals surface area contributed by atoms with Gasteiger partial charge in [0.1, 0.15) is 0 Å². The Labute approximate surface area is 70.1 Å². The van der Waals surface area contributed by atoms with Crippen molar-refractivity contribution in [2.45, 2.75) is 52.2 Å². The molecule has 0 amide bonds. The molecule has 0 aliphatic heterocycles. The highest BCUT2D eigenvalue weighted by Gasteiger charge is 2.14. The van der Waals surface area contributed by atoms with E-state index < -0.39 is 0 Å². The van der Waals surface area contributed by atoms with Gasteiger partial charge in [0, 0.05) is 12.6 Å². The summed E-state index contributed by atoms with van der Waals surface area (Å²) in [5.74, 6) is 0. The van der Waals surface area contributed by atoms with Crippen LogP contribution in [-0.4, -0.2) is 18.8 Å². The first-order valence-electron chi connectivity index (χ1n) is 4.63. The van der Waals surface area contributed by atoms with Crippen molar-refractivity contribution in [2.24, 2.45) is 5.73 Å². The van der Waals surface area contributed by atoms with Crippen LogP contribution >= 0.6 is 0 Å². The monoisotopic (exact) mass is 159 g/mol. The first kappa shape index (κ1) is 10.9. The number of nitrogens with two attached hydrogens (primary N) is 1. The van der Waals surface area contributed by atoms with Gasteiger partial charge in [-0.2, -0.15) is 0 Å². The van der Waals surface area contributed by atoms with E-state index in [0.29, 0.717) is 0 Å². The summed E-state index contributed by atoms with van der Waals surface area (Å²) in [5.41, 5.74) is 5.90. The smallest absolute Gasteiger partial charge is 0.0723 e. The van der Waals surface area contributed by atoms with Gasteiger partial charge in [0.2, 0.25) is 0 Å². The van der Waals surface area contributed by atoms with Gasteiger partial charge in [0.25, 0.3) is 0 Å². The lowest BCUT2D eigenvalue weighted by Crippen LogP contribution is -2.36. The summed E-state index contributed by atoms with van der Waals surface area (Å²) >= 11 is 0. The molecule has 11 heavy (non-hydrogen) atoms. The molecular formula is C9H21NO. The summed E-state index contributed by atoms with van der Waals surface area (Å²) in [6.07, 6.45) is 3.50. The molecule has 0 aliphatic carbocycles. The predicted molar refractivity (Wildman–Crippen MR) is 48.6 cm³/mol. The van der Waals surface area contributed by atoms with E-state index in [9.17, 15) is 0 Å². The minimum atomic E-state index is 0.227. The Kier molecular flexibility index (Phi) is 6.57. The second-order valence-corrected chi connectivity index (χ2v) is 2.85. The van der Waals surface area contributed by atoms with Crippen LogP contribution in [-0.2, 0) is 4.74 Å². The second kappa shape index (κ2) is 6.62. The molecule has 68 valence electrons. The van der Waals surface area contributed by atoms with Crippen molar-refractivity contribution in [1.29, 1.82) is 0 Å². The summed E-state index contributed by atoms with van der Waals surface area (Å²) in [7, 11) is 0.